The minimum Gasteiger partial charge on any atom is -0.485 e. The fraction of sp³-hybridized carbons (Fsp3) is 0.636. The topological polar surface area (TPSA) is 102 Å². The molecular formula is C22H31NO6. The fourth-order valence-corrected chi connectivity index (χ4v) is 4.61. The number of ether oxygens (including phenoxy) is 1. The van der Waals surface area contributed by atoms with E-state index in [0.717, 1.165) is 28.9 Å². The van der Waals surface area contributed by atoms with Gasteiger partial charge in [-0.15, -0.1) is 10.1 Å². The van der Waals surface area contributed by atoms with Crippen LogP contribution in [-0.4, -0.2) is 39.7 Å². The molecule has 2 atom stereocenters. The van der Waals surface area contributed by atoms with Crippen LogP contribution in [0.1, 0.15) is 70.4 Å². The van der Waals surface area contributed by atoms with Crippen LogP contribution in [0.5, 0.6) is 5.75 Å². The molecular weight excluding hydrogens is 374 g/mol. The fourth-order valence-electron chi connectivity index (χ4n) is 4.61. The standard InChI is InChI=1S/C22H31NO6/c1-20(2,9-5-11-28-23(26)27)16-6-7-17-18-12-15(14-24)8-10-22(18,25)21(3,4)29-19(17)13-16/h6-8,13,18,24-25H,5,9-12,14H2,1-4H3/t18-,22-/m1/s1. The molecule has 7 nitrogen and oxygen atoms in total. The smallest absolute Gasteiger partial charge is 0.294 e. The van der Waals surface area contributed by atoms with Gasteiger partial charge in [-0.25, -0.2) is 0 Å². The maximum absolute atomic E-state index is 11.5. The maximum Gasteiger partial charge on any atom is 0.294 e. The molecule has 0 unspecified atom stereocenters. The molecule has 0 aromatic heterocycles. The highest BCUT2D eigenvalue weighted by molar-refractivity contribution is 5.48. The van der Waals surface area contributed by atoms with E-state index in [2.05, 4.69) is 18.7 Å². The average Bonchev–Trinajstić information content (AvgIpc) is 2.64. The molecule has 0 radical (unpaired) electrons. The first kappa shape index (κ1) is 21.6. The third kappa shape index (κ3) is 3.98. The SMILES string of the molecule is CC(C)(CCCO[N+](=O)[O-])c1ccc2c(c1)OC(C)(C)[C@@]1(O)CC=C(CO)C[C@H]21. The summed E-state index contributed by atoms with van der Waals surface area (Å²) in [5, 5.41) is 30.6. The van der Waals surface area contributed by atoms with Crippen LogP contribution >= 0.6 is 0 Å². The van der Waals surface area contributed by atoms with Crippen LogP contribution in [-0.2, 0) is 10.3 Å². The summed E-state index contributed by atoms with van der Waals surface area (Å²) in [4.78, 5) is 14.8. The lowest BCUT2D eigenvalue weighted by molar-refractivity contribution is -0.757. The molecule has 7 heteroatoms. The molecule has 2 aliphatic rings. The zero-order valence-electron chi connectivity index (χ0n) is 17.6. The van der Waals surface area contributed by atoms with Crippen molar-refractivity contribution in [1.82, 2.24) is 0 Å². The molecule has 0 saturated carbocycles. The van der Waals surface area contributed by atoms with Crippen LogP contribution in [0.2, 0.25) is 0 Å². The van der Waals surface area contributed by atoms with Gasteiger partial charge in [0.1, 0.15) is 17.0 Å². The molecule has 1 aromatic carbocycles. The molecule has 1 aromatic rings. The van der Waals surface area contributed by atoms with Crippen LogP contribution < -0.4 is 4.74 Å². The van der Waals surface area contributed by atoms with Gasteiger partial charge in [0.15, 0.2) is 0 Å². The van der Waals surface area contributed by atoms with E-state index in [0.29, 0.717) is 19.3 Å². The molecule has 0 saturated heterocycles. The van der Waals surface area contributed by atoms with Crippen LogP contribution in [0.25, 0.3) is 0 Å². The van der Waals surface area contributed by atoms with Gasteiger partial charge >= 0.3 is 0 Å². The van der Waals surface area contributed by atoms with Crippen molar-refractivity contribution in [2.45, 2.75) is 75.9 Å². The Balaban J connectivity index is 1.88. The highest BCUT2D eigenvalue weighted by atomic mass is 16.9. The lowest BCUT2D eigenvalue weighted by atomic mass is 9.63. The van der Waals surface area contributed by atoms with E-state index >= 15 is 0 Å². The van der Waals surface area contributed by atoms with E-state index in [-0.39, 0.29) is 24.5 Å². The lowest BCUT2D eigenvalue weighted by Gasteiger charge is -2.53. The van der Waals surface area contributed by atoms with Gasteiger partial charge in [0.2, 0.25) is 0 Å². The Bertz CT molecular complexity index is 816. The number of fused-ring (bicyclic) bond motifs is 3. The Kier molecular flexibility index (Phi) is 5.66. The van der Waals surface area contributed by atoms with Crippen LogP contribution in [0.4, 0.5) is 0 Å². The Labute approximate surface area is 171 Å². The van der Waals surface area contributed by atoms with Gasteiger partial charge in [-0.3, -0.25) is 0 Å². The van der Waals surface area contributed by atoms with Crippen molar-refractivity contribution in [3.63, 3.8) is 0 Å². The van der Waals surface area contributed by atoms with Crippen molar-refractivity contribution in [3.05, 3.63) is 51.1 Å². The minimum atomic E-state index is -1.03. The highest BCUT2D eigenvalue weighted by Gasteiger charge is 2.56. The van der Waals surface area contributed by atoms with E-state index in [1.165, 1.54) is 0 Å². The van der Waals surface area contributed by atoms with E-state index in [4.69, 9.17) is 4.74 Å². The number of hydrogen-bond acceptors (Lipinski definition) is 6. The first-order valence-electron chi connectivity index (χ1n) is 10.1. The zero-order chi connectivity index (χ0) is 21.4. The molecule has 160 valence electrons. The Morgan fingerprint density at radius 2 is 2.10 bits per heavy atom. The molecule has 29 heavy (non-hydrogen) atoms. The van der Waals surface area contributed by atoms with E-state index in [1.54, 1.807) is 0 Å². The van der Waals surface area contributed by atoms with Gasteiger partial charge in [0.05, 0.1) is 13.2 Å². The third-order valence-corrected chi connectivity index (χ3v) is 6.67. The average molecular weight is 405 g/mol. The monoisotopic (exact) mass is 405 g/mol. The van der Waals surface area contributed by atoms with Gasteiger partial charge in [0.25, 0.3) is 5.09 Å². The van der Waals surface area contributed by atoms with Gasteiger partial charge in [-0.1, -0.05) is 32.1 Å². The second-order valence-corrected chi connectivity index (χ2v) is 9.31. The predicted octanol–water partition coefficient (Wildman–Crippen LogP) is 3.65. The summed E-state index contributed by atoms with van der Waals surface area (Å²) in [6.07, 6.45) is 4.28. The Morgan fingerprint density at radius 1 is 1.38 bits per heavy atom. The van der Waals surface area contributed by atoms with Crippen molar-refractivity contribution < 1.29 is 24.9 Å². The van der Waals surface area contributed by atoms with Gasteiger partial charge in [-0.05, 0) is 62.1 Å². The number of benzene rings is 1. The first-order chi connectivity index (χ1) is 13.5. The van der Waals surface area contributed by atoms with Gasteiger partial charge in [0, 0.05) is 11.5 Å². The van der Waals surface area contributed by atoms with E-state index < -0.39 is 16.3 Å². The number of aliphatic hydroxyl groups is 2. The molecule has 2 N–H and O–H groups in total. The van der Waals surface area contributed by atoms with Gasteiger partial charge < -0.3 is 19.8 Å². The summed E-state index contributed by atoms with van der Waals surface area (Å²) in [5.41, 5.74) is 0.965. The maximum atomic E-state index is 11.5. The van der Waals surface area contributed by atoms with Crippen LogP contribution in [0, 0.1) is 10.1 Å². The molecule has 1 aliphatic heterocycles. The van der Waals surface area contributed by atoms with E-state index in [1.807, 2.05) is 38.1 Å². The van der Waals surface area contributed by atoms with Crippen molar-refractivity contribution in [2.24, 2.45) is 0 Å². The molecule has 0 bridgehead atoms. The molecule has 1 heterocycles. The van der Waals surface area contributed by atoms with Crippen LogP contribution in [0.3, 0.4) is 0 Å². The van der Waals surface area contributed by atoms with Gasteiger partial charge in [-0.2, -0.15) is 0 Å². The van der Waals surface area contributed by atoms with Crippen molar-refractivity contribution in [1.29, 1.82) is 0 Å². The Morgan fingerprint density at radius 3 is 2.76 bits per heavy atom. The number of rotatable bonds is 7. The van der Waals surface area contributed by atoms with E-state index in [9.17, 15) is 20.3 Å². The first-order valence-corrected chi connectivity index (χ1v) is 10.1. The molecule has 3 rings (SSSR count). The van der Waals surface area contributed by atoms with Crippen LogP contribution in [0.15, 0.2) is 29.8 Å². The summed E-state index contributed by atoms with van der Waals surface area (Å²) in [5.74, 6) is 0.620. The highest BCUT2D eigenvalue weighted by Crippen LogP contribution is 2.54. The second kappa shape index (κ2) is 7.61. The molecule has 0 spiro atoms. The summed E-state index contributed by atoms with van der Waals surface area (Å²) >= 11 is 0. The summed E-state index contributed by atoms with van der Waals surface area (Å²) in [6, 6.07) is 6.10. The van der Waals surface area contributed by atoms with Crippen molar-refractivity contribution in [3.8, 4) is 5.75 Å². The predicted molar refractivity (Wildman–Crippen MR) is 108 cm³/mol. The van der Waals surface area contributed by atoms with Crippen molar-refractivity contribution >= 4 is 0 Å². The number of nitrogens with zero attached hydrogens (tertiary/aromatic N) is 1. The largest absolute Gasteiger partial charge is 0.485 e. The number of hydrogen-bond donors (Lipinski definition) is 2. The third-order valence-electron chi connectivity index (χ3n) is 6.67. The van der Waals surface area contributed by atoms with Crippen molar-refractivity contribution in [2.75, 3.05) is 13.2 Å². The normalized spacial score (nSPS) is 25.3. The summed E-state index contributed by atoms with van der Waals surface area (Å²) < 4.78 is 6.30. The zero-order valence-corrected chi connectivity index (χ0v) is 17.6. The quantitative estimate of drug-likeness (QED) is 0.311. The second-order valence-electron chi connectivity index (χ2n) is 9.31. The summed E-state index contributed by atoms with van der Waals surface area (Å²) in [6.45, 7) is 8.09. The minimum absolute atomic E-state index is 0.000529. The summed E-state index contributed by atoms with van der Waals surface area (Å²) in [7, 11) is 0. The molecule has 1 aliphatic carbocycles. The lowest BCUT2D eigenvalue weighted by Crippen LogP contribution is -2.60. The molecule has 0 amide bonds. The molecule has 0 fully saturated rings. The number of aliphatic hydroxyl groups excluding tert-OH is 1. The Hall–Kier alpha value is -2.12.